The monoisotopic (exact) mass is 349 g/mol. The number of aromatic nitrogens is 4. The van der Waals surface area contributed by atoms with Crippen molar-refractivity contribution in [3.05, 3.63) is 29.7 Å². The van der Waals surface area contributed by atoms with Gasteiger partial charge in [0, 0.05) is 26.4 Å². The van der Waals surface area contributed by atoms with E-state index in [1.54, 1.807) is 22.8 Å². The number of hydrogen-bond donors (Lipinski definition) is 0. The van der Waals surface area contributed by atoms with Crippen LogP contribution in [0.15, 0.2) is 16.8 Å². The molecule has 0 aliphatic carbocycles. The van der Waals surface area contributed by atoms with Crippen LogP contribution in [0, 0.1) is 0 Å². The van der Waals surface area contributed by atoms with E-state index in [1.165, 1.54) is 0 Å². The molecule has 1 atom stereocenters. The quantitative estimate of drug-likeness (QED) is 0.665. The van der Waals surface area contributed by atoms with Crippen LogP contribution in [0.1, 0.15) is 48.0 Å². The van der Waals surface area contributed by atoms with Gasteiger partial charge in [0.05, 0.1) is 19.3 Å². The molecule has 0 spiro atoms. The average molecular weight is 349 g/mol. The van der Waals surface area contributed by atoms with Gasteiger partial charge in [0.2, 0.25) is 0 Å². The number of aryl methyl sites for hydroxylation is 1. The fourth-order valence-corrected chi connectivity index (χ4v) is 2.84. The van der Waals surface area contributed by atoms with Crippen LogP contribution in [0.3, 0.4) is 0 Å². The van der Waals surface area contributed by atoms with Gasteiger partial charge in [-0.15, -0.1) is 0 Å². The van der Waals surface area contributed by atoms with Crippen LogP contribution in [0.5, 0.6) is 0 Å². The van der Waals surface area contributed by atoms with E-state index in [0.29, 0.717) is 37.2 Å². The summed E-state index contributed by atoms with van der Waals surface area (Å²) in [7, 11) is 1.61. The average Bonchev–Trinajstić information content (AvgIpc) is 3.37. The first-order valence-corrected chi connectivity index (χ1v) is 8.46. The minimum Gasteiger partial charge on any atom is -0.382 e. The summed E-state index contributed by atoms with van der Waals surface area (Å²) >= 11 is 0. The van der Waals surface area contributed by atoms with Gasteiger partial charge >= 0.3 is 0 Å². The molecule has 0 bridgehead atoms. The van der Waals surface area contributed by atoms with E-state index in [-0.39, 0.29) is 18.6 Å². The van der Waals surface area contributed by atoms with E-state index >= 15 is 0 Å². The highest BCUT2D eigenvalue weighted by atomic mass is 16.5. The Labute approximate surface area is 145 Å². The van der Waals surface area contributed by atoms with Crippen molar-refractivity contribution in [2.75, 3.05) is 26.9 Å². The SMILES string of the molecule is CCn1ccc(C(=O)N2CCCC2c2noc(COCCOC)n2)n1. The number of carbonyl (C=O) groups excluding carboxylic acids is 1. The molecule has 0 N–H and O–H groups in total. The van der Waals surface area contributed by atoms with Crippen LogP contribution in [-0.4, -0.2) is 57.6 Å². The highest BCUT2D eigenvalue weighted by Crippen LogP contribution is 2.31. The van der Waals surface area contributed by atoms with Crippen molar-refractivity contribution in [3.63, 3.8) is 0 Å². The lowest BCUT2D eigenvalue weighted by atomic mass is 10.2. The lowest BCUT2D eigenvalue weighted by Gasteiger charge is -2.21. The minimum atomic E-state index is -0.184. The normalized spacial score (nSPS) is 17.4. The number of nitrogens with zero attached hydrogens (tertiary/aromatic N) is 5. The predicted octanol–water partition coefficient (Wildman–Crippen LogP) is 1.43. The van der Waals surface area contributed by atoms with E-state index in [0.717, 1.165) is 19.4 Å². The largest absolute Gasteiger partial charge is 0.382 e. The van der Waals surface area contributed by atoms with Crippen molar-refractivity contribution in [1.82, 2.24) is 24.8 Å². The zero-order chi connectivity index (χ0) is 17.6. The molecule has 2 aromatic rings. The van der Waals surface area contributed by atoms with E-state index in [4.69, 9.17) is 14.0 Å². The smallest absolute Gasteiger partial charge is 0.274 e. The fraction of sp³-hybridized carbons (Fsp3) is 0.625. The van der Waals surface area contributed by atoms with Crippen LogP contribution in [0.25, 0.3) is 0 Å². The molecule has 3 heterocycles. The van der Waals surface area contributed by atoms with Gasteiger partial charge in [-0.25, -0.2) is 0 Å². The minimum absolute atomic E-state index is 0.0996. The molecule has 1 aliphatic rings. The summed E-state index contributed by atoms with van der Waals surface area (Å²) in [6.07, 6.45) is 3.52. The zero-order valence-corrected chi connectivity index (χ0v) is 14.6. The van der Waals surface area contributed by atoms with Gasteiger partial charge in [0.15, 0.2) is 5.82 Å². The molecule has 9 nitrogen and oxygen atoms in total. The predicted molar refractivity (Wildman–Crippen MR) is 86.7 cm³/mol. The van der Waals surface area contributed by atoms with Crippen LogP contribution in [-0.2, 0) is 22.6 Å². The number of likely N-dealkylation sites (tertiary alicyclic amines) is 1. The molecule has 1 fully saturated rings. The fourth-order valence-electron chi connectivity index (χ4n) is 2.84. The number of methoxy groups -OCH3 is 1. The van der Waals surface area contributed by atoms with Gasteiger partial charge in [-0.2, -0.15) is 10.1 Å². The maximum absolute atomic E-state index is 12.7. The molecular formula is C16H23N5O4. The first-order chi connectivity index (χ1) is 12.2. The van der Waals surface area contributed by atoms with Crippen LogP contribution < -0.4 is 0 Å². The van der Waals surface area contributed by atoms with Crippen molar-refractivity contribution < 1.29 is 18.8 Å². The second-order valence-electron chi connectivity index (χ2n) is 5.80. The number of ether oxygens (including phenoxy) is 2. The molecule has 2 aromatic heterocycles. The highest BCUT2D eigenvalue weighted by molar-refractivity contribution is 5.92. The van der Waals surface area contributed by atoms with Gasteiger partial charge in [-0.3, -0.25) is 9.48 Å². The van der Waals surface area contributed by atoms with Crippen molar-refractivity contribution in [2.45, 2.75) is 39.0 Å². The Kier molecular flexibility index (Phi) is 5.77. The van der Waals surface area contributed by atoms with E-state index in [2.05, 4.69) is 15.2 Å². The van der Waals surface area contributed by atoms with Gasteiger partial charge < -0.3 is 18.9 Å². The molecule has 1 saturated heterocycles. The third-order valence-electron chi connectivity index (χ3n) is 4.14. The molecule has 0 saturated carbocycles. The van der Waals surface area contributed by atoms with Crippen LogP contribution in [0.2, 0.25) is 0 Å². The Bertz CT molecular complexity index is 698. The lowest BCUT2D eigenvalue weighted by molar-refractivity contribution is 0.0494. The molecular weight excluding hydrogens is 326 g/mol. The van der Waals surface area contributed by atoms with Gasteiger partial charge in [-0.1, -0.05) is 5.16 Å². The lowest BCUT2D eigenvalue weighted by Crippen LogP contribution is -2.31. The second-order valence-corrected chi connectivity index (χ2v) is 5.80. The summed E-state index contributed by atoms with van der Waals surface area (Å²) in [5, 5.41) is 8.32. The molecule has 1 amide bonds. The summed E-state index contributed by atoms with van der Waals surface area (Å²) < 4.78 is 17.3. The molecule has 9 heteroatoms. The summed E-state index contributed by atoms with van der Waals surface area (Å²) in [6, 6.07) is 1.56. The maximum atomic E-state index is 12.7. The summed E-state index contributed by atoms with van der Waals surface area (Å²) in [6.45, 7) is 4.58. The van der Waals surface area contributed by atoms with Crippen molar-refractivity contribution in [1.29, 1.82) is 0 Å². The topological polar surface area (TPSA) is 95.5 Å². The first kappa shape index (κ1) is 17.6. The summed E-state index contributed by atoms with van der Waals surface area (Å²) in [5.74, 6) is 0.823. The number of amides is 1. The van der Waals surface area contributed by atoms with Gasteiger partial charge in [0.25, 0.3) is 11.8 Å². The first-order valence-electron chi connectivity index (χ1n) is 8.46. The zero-order valence-electron chi connectivity index (χ0n) is 14.6. The molecule has 0 radical (unpaired) electrons. The molecule has 1 unspecified atom stereocenters. The van der Waals surface area contributed by atoms with Crippen molar-refractivity contribution in [2.24, 2.45) is 0 Å². The molecule has 25 heavy (non-hydrogen) atoms. The van der Waals surface area contributed by atoms with Gasteiger partial charge in [0.1, 0.15) is 12.3 Å². The standard InChI is InChI=1S/C16H23N5O4/c1-3-20-8-6-12(18-20)16(22)21-7-4-5-13(21)15-17-14(25-19-15)11-24-10-9-23-2/h6,8,13H,3-5,7,9-11H2,1-2H3. The van der Waals surface area contributed by atoms with Crippen LogP contribution >= 0.6 is 0 Å². The summed E-state index contributed by atoms with van der Waals surface area (Å²) in [4.78, 5) is 18.9. The summed E-state index contributed by atoms with van der Waals surface area (Å²) in [5.41, 5.74) is 0.445. The number of carbonyl (C=O) groups is 1. The number of rotatable bonds is 8. The highest BCUT2D eigenvalue weighted by Gasteiger charge is 2.34. The molecule has 0 aromatic carbocycles. The Morgan fingerprint density at radius 3 is 3.08 bits per heavy atom. The van der Waals surface area contributed by atoms with Crippen molar-refractivity contribution >= 4 is 5.91 Å². The van der Waals surface area contributed by atoms with E-state index in [1.807, 2.05) is 13.1 Å². The maximum Gasteiger partial charge on any atom is 0.274 e. The van der Waals surface area contributed by atoms with Crippen molar-refractivity contribution in [3.8, 4) is 0 Å². The number of hydrogen-bond acceptors (Lipinski definition) is 7. The Balaban J connectivity index is 1.65. The van der Waals surface area contributed by atoms with E-state index in [9.17, 15) is 4.79 Å². The van der Waals surface area contributed by atoms with Crippen LogP contribution in [0.4, 0.5) is 0 Å². The second kappa shape index (κ2) is 8.21. The van der Waals surface area contributed by atoms with Gasteiger partial charge in [-0.05, 0) is 25.8 Å². The molecule has 136 valence electrons. The Hall–Kier alpha value is -2.26. The Morgan fingerprint density at radius 1 is 1.44 bits per heavy atom. The molecule has 3 rings (SSSR count). The Morgan fingerprint density at radius 2 is 2.32 bits per heavy atom. The van der Waals surface area contributed by atoms with E-state index < -0.39 is 0 Å². The third kappa shape index (κ3) is 4.05. The third-order valence-corrected chi connectivity index (χ3v) is 4.14. The molecule has 1 aliphatic heterocycles.